The van der Waals surface area contributed by atoms with Gasteiger partial charge in [-0.1, -0.05) is 39.5 Å². The predicted molar refractivity (Wildman–Crippen MR) is 83.9 cm³/mol. The van der Waals surface area contributed by atoms with Gasteiger partial charge in [0, 0.05) is 12.1 Å². The second-order valence-electron chi connectivity index (χ2n) is 7.86. The van der Waals surface area contributed by atoms with E-state index in [9.17, 15) is 0 Å². The Bertz CT molecular complexity index is 311. The van der Waals surface area contributed by atoms with Gasteiger partial charge in [0.05, 0.1) is 5.60 Å². The van der Waals surface area contributed by atoms with Crippen molar-refractivity contribution in [1.82, 2.24) is 5.32 Å². The van der Waals surface area contributed by atoms with Crippen LogP contribution in [0.4, 0.5) is 0 Å². The van der Waals surface area contributed by atoms with Crippen molar-refractivity contribution in [1.29, 1.82) is 0 Å². The minimum atomic E-state index is 0.263. The lowest BCUT2D eigenvalue weighted by Gasteiger charge is -2.50. The highest BCUT2D eigenvalue weighted by Gasteiger charge is 2.48. The van der Waals surface area contributed by atoms with Crippen LogP contribution < -0.4 is 5.32 Å². The topological polar surface area (TPSA) is 21.3 Å². The van der Waals surface area contributed by atoms with Crippen LogP contribution >= 0.6 is 0 Å². The molecule has 2 saturated heterocycles. The Labute approximate surface area is 125 Å². The molecule has 1 N–H and O–H groups in total. The molecule has 0 bridgehead atoms. The fraction of sp³-hybridized carbons (Fsp3) is 1.00. The summed E-state index contributed by atoms with van der Waals surface area (Å²) in [6, 6.07) is 0. The van der Waals surface area contributed by atoms with E-state index in [0.717, 1.165) is 18.4 Å². The molecule has 2 aliphatic heterocycles. The molecule has 0 aromatic carbocycles. The van der Waals surface area contributed by atoms with Gasteiger partial charge in [0.15, 0.2) is 0 Å². The highest BCUT2D eigenvalue weighted by Crippen LogP contribution is 2.48. The molecule has 2 unspecified atom stereocenters. The smallest absolute Gasteiger partial charge is 0.0685 e. The second-order valence-corrected chi connectivity index (χ2v) is 7.86. The van der Waals surface area contributed by atoms with E-state index in [1.165, 1.54) is 70.8 Å². The van der Waals surface area contributed by atoms with Crippen molar-refractivity contribution < 1.29 is 4.74 Å². The molecular weight excluding hydrogens is 246 g/mol. The number of hydrogen-bond donors (Lipinski definition) is 1. The minimum Gasteiger partial charge on any atom is -0.375 e. The van der Waals surface area contributed by atoms with Gasteiger partial charge in [0.2, 0.25) is 0 Å². The van der Waals surface area contributed by atoms with Crippen LogP contribution in [0.1, 0.15) is 78.1 Å². The number of ether oxygens (including phenoxy) is 1. The van der Waals surface area contributed by atoms with Crippen molar-refractivity contribution in [2.24, 2.45) is 11.8 Å². The molecule has 0 radical (unpaired) electrons. The highest BCUT2D eigenvalue weighted by molar-refractivity contribution is 5.03. The molecule has 3 fully saturated rings. The van der Waals surface area contributed by atoms with Crippen LogP contribution in [0.25, 0.3) is 0 Å². The van der Waals surface area contributed by atoms with Crippen molar-refractivity contribution in [3.8, 4) is 0 Å². The van der Waals surface area contributed by atoms with Gasteiger partial charge in [-0.2, -0.15) is 0 Å². The first-order valence-electron chi connectivity index (χ1n) is 9.06. The fourth-order valence-corrected chi connectivity index (χ4v) is 5.28. The molecule has 20 heavy (non-hydrogen) atoms. The predicted octanol–water partition coefficient (Wildman–Crippen LogP) is 4.28. The van der Waals surface area contributed by atoms with Gasteiger partial charge in [-0.3, -0.25) is 0 Å². The molecular formula is C18H33NO. The Morgan fingerprint density at radius 1 is 1.00 bits per heavy atom. The SMILES string of the molecule is CC(C)C1(C2CCOC3(CCCC3)C2)CCCCCN1. The van der Waals surface area contributed by atoms with Gasteiger partial charge < -0.3 is 10.1 Å². The number of hydrogen-bond acceptors (Lipinski definition) is 2. The Morgan fingerprint density at radius 2 is 1.75 bits per heavy atom. The summed E-state index contributed by atoms with van der Waals surface area (Å²) in [6.07, 6.45) is 13.6. The molecule has 1 saturated carbocycles. The monoisotopic (exact) mass is 279 g/mol. The first kappa shape index (κ1) is 14.8. The van der Waals surface area contributed by atoms with E-state index in [1.54, 1.807) is 0 Å². The van der Waals surface area contributed by atoms with E-state index in [2.05, 4.69) is 19.2 Å². The highest BCUT2D eigenvalue weighted by atomic mass is 16.5. The fourth-order valence-electron chi connectivity index (χ4n) is 5.28. The zero-order valence-corrected chi connectivity index (χ0v) is 13.5. The molecule has 2 nitrogen and oxygen atoms in total. The summed E-state index contributed by atoms with van der Waals surface area (Å²) in [6.45, 7) is 7.10. The molecule has 2 atom stereocenters. The van der Waals surface area contributed by atoms with Gasteiger partial charge in [0.1, 0.15) is 0 Å². The molecule has 116 valence electrons. The van der Waals surface area contributed by atoms with Crippen LogP contribution in [0.5, 0.6) is 0 Å². The Morgan fingerprint density at radius 3 is 2.50 bits per heavy atom. The van der Waals surface area contributed by atoms with Crippen molar-refractivity contribution >= 4 is 0 Å². The normalized spacial score (nSPS) is 38.2. The molecule has 3 aliphatic rings. The van der Waals surface area contributed by atoms with Gasteiger partial charge in [-0.25, -0.2) is 0 Å². The molecule has 0 aromatic heterocycles. The van der Waals surface area contributed by atoms with Crippen molar-refractivity contribution in [3.05, 3.63) is 0 Å². The minimum absolute atomic E-state index is 0.263. The first-order chi connectivity index (χ1) is 9.67. The molecule has 2 heterocycles. The Kier molecular flexibility index (Phi) is 4.42. The standard InChI is InChI=1S/C18H33NO/c1-15(2)18(11-4-3-7-12-19-18)16-8-13-20-17(14-16)9-5-6-10-17/h15-16,19H,3-14H2,1-2H3. The van der Waals surface area contributed by atoms with Crippen LogP contribution in [0.2, 0.25) is 0 Å². The Balaban J connectivity index is 1.79. The average molecular weight is 279 g/mol. The molecule has 0 amide bonds. The third-order valence-electron chi connectivity index (χ3n) is 6.49. The average Bonchev–Trinajstić information content (AvgIpc) is 2.75. The van der Waals surface area contributed by atoms with Crippen molar-refractivity contribution in [3.63, 3.8) is 0 Å². The quantitative estimate of drug-likeness (QED) is 0.814. The summed E-state index contributed by atoms with van der Waals surface area (Å²) < 4.78 is 6.28. The maximum Gasteiger partial charge on any atom is 0.0685 e. The Hall–Kier alpha value is -0.0800. The summed E-state index contributed by atoms with van der Waals surface area (Å²) in [5.74, 6) is 1.56. The van der Waals surface area contributed by atoms with Gasteiger partial charge in [-0.15, -0.1) is 0 Å². The number of nitrogens with one attached hydrogen (secondary N) is 1. The van der Waals surface area contributed by atoms with Crippen LogP contribution in [0.3, 0.4) is 0 Å². The van der Waals surface area contributed by atoms with Crippen molar-refractivity contribution in [2.75, 3.05) is 13.2 Å². The maximum absolute atomic E-state index is 6.28. The molecule has 1 aliphatic carbocycles. The van der Waals surface area contributed by atoms with Crippen LogP contribution in [-0.2, 0) is 4.74 Å². The zero-order valence-electron chi connectivity index (χ0n) is 13.5. The molecule has 3 rings (SSSR count). The van der Waals surface area contributed by atoms with Crippen molar-refractivity contribution in [2.45, 2.75) is 89.2 Å². The van der Waals surface area contributed by atoms with Crippen LogP contribution in [-0.4, -0.2) is 24.3 Å². The third kappa shape index (κ3) is 2.66. The van der Waals surface area contributed by atoms with E-state index < -0.39 is 0 Å². The number of rotatable bonds is 2. The summed E-state index contributed by atoms with van der Waals surface area (Å²) in [4.78, 5) is 0. The molecule has 1 spiro atoms. The largest absolute Gasteiger partial charge is 0.375 e. The van der Waals surface area contributed by atoms with Gasteiger partial charge in [0.25, 0.3) is 0 Å². The molecule has 2 heteroatoms. The molecule has 0 aromatic rings. The zero-order chi connectivity index (χ0) is 14.1. The van der Waals surface area contributed by atoms with Crippen LogP contribution in [0.15, 0.2) is 0 Å². The first-order valence-corrected chi connectivity index (χ1v) is 9.06. The van der Waals surface area contributed by atoms with E-state index in [0.29, 0.717) is 5.54 Å². The second kappa shape index (κ2) is 5.96. The summed E-state index contributed by atoms with van der Waals surface area (Å²) in [5, 5.41) is 4.02. The van der Waals surface area contributed by atoms with E-state index in [4.69, 9.17) is 4.74 Å². The third-order valence-corrected chi connectivity index (χ3v) is 6.49. The lowest BCUT2D eigenvalue weighted by molar-refractivity contribution is -0.114. The summed E-state index contributed by atoms with van der Waals surface area (Å²) >= 11 is 0. The summed E-state index contributed by atoms with van der Waals surface area (Å²) in [5.41, 5.74) is 0.647. The van der Waals surface area contributed by atoms with E-state index >= 15 is 0 Å². The van der Waals surface area contributed by atoms with Gasteiger partial charge >= 0.3 is 0 Å². The van der Waals surface area contributed by atoms with Crippen LogP contribution in [0, 0.1) is 11.8 Å². The van der Waals surface area contributed by atoms with Gasteiger partial charge in [-0.05, 0) is 56.9 Å². The van der Waals surface area contributed by atoms with E-state index in [1.807, 2.05) is 0 Å². The van der Waals surface area contributed by atoms with E-state index in [-0.39, 0.29) is 5.60 Å². The lowest BCUT2D eigenvalue weighted by atomic mass is 9.66. The lowest BCUT2D eigenvalue weighted by Crippen LogP contribution is -2.58. The summed E-state index contributed by atoms with van der Waals surface area (Å²) in [7, 11) is 0. The maximum atomic E-state index is 6.28.